The monoisotopic (exact) mass is 1160 g/mol. The van der Waals surface area contributed by atoms with Gasteiger partial charge in [-0.25, -0.2) is 4.98 Å². The molecule has 0 amide bonds. The second-order valence-corrected chi connectivity index (χ2v) is 26.8. The summed E-state index contributed by atoms with van der Waals surface area (Å²) in [6.07, 6.45) is 9.46. The molecule has 8 bridgehead atoms. The van der Waals surface area contributed by atoms with Crippen LogP contribution in [0.3, 0.4) is 0 Å². The van der Waals surface area contributed by atoms with Crippen LogP contribution in [0.25, 0.3) is 44.8 Å². The van der Waals surface area contributed by atoms with Crippen LogP contribution in [0.1, 0.15) is 197 Å². The van der Waals surface area contributed by atoms with E-state index in [0.29, 0.717) is 68.9 Å². The maximum absolute atomic E-state index is 15.7. The van der Waals surface area contributed by atoms with Crippen molar-refractivity contribution in [2.24, 2.45) is 35.5 Å². The van der Waals surface area contributed by atoms with E-state index in [-0.39, 0.29) is 97.1 Å². The third kappa shape index (κ3) is 9.88. The van der Waals surface area contributed by atoms with Crippen LogP contribution in [0.4, 0.5) is 13.2 Å². The predicted octanol–water partition coefficient (Wildman–Crippen LogP) is 18.9. The van der Waals surface area contributed by atoms with Crippen molar-refractivity contribution in [1.29, 1.82) is 0 Å². The third-order valence-electron chi connectivity index (χ3n) is 18.9. The van der Waals surface area contributed by atoms with Gasteiger partial charge in [0.25, 0.3) is 0 Å². The summed E-state index contributed by atoms with van der Waals surface area (Å²) < 4.78 is 47.0. The number of aromatic nitrogens is 1. The number of halogens is 3. The number of rotatable bonds is 8. The minimum atomic E-state index is -4.68. The van der Waals surface area contributed by atoms with Gasteiger partial charge < -0.3 is 25.1 Å². The number of phenols is 2. The SMILES string of the molecule is CC(C)c1ccc(-c2cc(C(C)(C)C)cc(C34CC5CC(CC(C5)C3)C4)c2O)c(-c2cc(C(F)(F)F)cc(-c3cc(C(C)C)ccc3-c3cc(C(C)(C)C)cc(C45CC6CC(CC(C6)C4)C5)c3O)n2)c1.[CH3-].[CH3-].[Hf]. The largest absolute Gasteiger partial charge is 0.507 e. The van der Waals surface area contributed by atoms with Crippen LogP contribution in [0.2, 0.25) is 0 Å². The number of phenolic OH excluding ortho intramolecular Hbond substituents is 2. The van der Waals surface area contributed by atoms with Crippen LogP contribution in [0.5, 0.6) is 11.5 Å². The van der Waals surface area contributed by atoms with E-state index in [4.69, 9.17) is 4.98 Å². The summed E-state index contributed by atoms with van der Waals surface area (Å²) in [5.74, 6) is 4.71. The molecule has 1 aromatic heterocycles. The quantitative estimate of drug-likeness (QED) is 0.120. The Bertz CT molecular complexity index is 2640. The Morgan fingerprint density at radius 1 is 0.452 bits per heavy atom. The molecule has 8 aliphatic carbocycles. The number of hydrogen-bond donors (Lipinski definition) is 2. The first-order chi connectivity index (χ1) is 32.9. The van der Waals surface area contributed by atoms with E-state index >= 15 is 13.2 Å². The molecule has 2 N–H and O–H groups in total. The summed E-state index contributed by atoms with van der Waals surface area (Å²) in [7, 11) is 0. The molecule has 0 aliphatic heterocycles. The fraction of sp³-hybridized carbons (Fsp3) is 0.530. The molecule has 0 saturated heterocycles. The van der Waals surface area contributed by atoms with Crippen molar-refractivity contribution in [2.75, 3.05) is 0 Å². The zero-order chi connectivity index (χ0) is 49.6. The fourth-order valence-electron chi connectivity index (χ4n) is 15.9. The maximum atomic E-state index is 15.7. The second kappa shape index (κ2) is 19.4. The molecule has 0 radical (unpaired) electrons. The topological polar surface area (TPSA) is 53.4 Å². The van der Waals surface area contributed by atoms with Gasteiger partial charge in [0.2, 0.25) is 0 Å². The zero-order valence-corrected chi connectivity index (χ0v) is 49.6. The number of aromatic hydroxyl groups is 2. The Morgan fingerprint density at radius 3 is 1.04 bits per heavy atom. The summed E-state index contributed by atoms with van der Waals surface area (Å²) in [5.41, 5.74) is 8.98. The summed E-state index contributed by atoms with van der Waals surface area (Å²) in [6.45, 7) is 21.7. The van der Waals surface area contributed by atoms with Gasteiger partial charge in [-0.15, -0.1) is 0 Å². The molecule has 390 valence electrons. The average molecular weight is 1160 g/mol. The average Bonchev–Trinajstić information content (AvgIpc) is 3.26. The van der Waals surface area contributed by atoms with Crippen LogP contribution < -0.4 is 0 Å². The summed E-state index contributed by atoms with van der Waals surface area (Å²) >= 11 is 0. The molecular weight excluding hydrogens is 1070 g/mol. The van der Waals surface area contributed by atoms with E-state index in [2.05, 4.69) is 106 Å². The molecule has 4 aromatic carbocycles. The fourth-order valence-corrected chi connectivity index (χ4v) is 15.9. The number of nitrogens with zero attached hydrogens (tertiary/aromatic N) is 1. The van der Waals surface area contributed by atoms with Crippen molar-refractivity contribution in [3.05, 3.63) is 127 Å². The molecule has 0 atom stereocenters. The third-order valence-corrected chi connectivity index (χ3v) is 18.9. The number of alkyl halides is 3. The van der Waals surface area contributed by atoms with Gasteiger partial charge in [-0.2, -0.15) is 13.2 Å². The van der Waals surface area contributed by atoms with E-state index in [1.807, 2.05) is 24.3 Å². The van der Waals surface area contributed by atoms with Gasteiger partial charge in [-0.05, 0) is 216 Å². The normalized spacial score (nSPS) is 27.0. The van der Waals surface area contributed by atoms with Crippen LogP contribution in [0.15, 0.2) is 72.8 Å². The van der Waals surface area contributed by atoms with Gasteiger partial charge >= 0.3 is 6.18 Å². The smallest absolute Gasteiger partial charge is 0.416 e. The molecule has 5 aromatic rings. The first-order valence-electron chi connectivity index (χ1n) is 27.0. The van der Waals surface area contributed by atoms with Gasteiger partial charge in [0.1, 0.15) is 11.5 Å². The van der Waals surface area contributed by atoms with Gasteiger partial charge in [-0.3, -0.25) is 0 Å². The Hall–Kier alpha value is -3.71. The van der Waals surface area contributed by atoms with Crippen molar-refractivity contribution in [2.45, 2.75) is 186 Å². The molecule has 8 fully saturated rings. The molecule has 8 saturated carbocycles. The number of pyridine rings is 1. The van der Waals surface area contributed by atoms with Gasteiger partial charge in [0.05, 0.1) is 17.0 Å². The van der Waals surface area contributed by atoms with E-state index in [9.17, 15) is 10.2 Å². The van der Waals surface area contributed by atoms with E-state index in [0.717, 1.165) is 71.9 Å². The standard InChI is InChI=1S/C64H76F3NO2.2CH3.Hf/c1-35(2)43-11-13-48(52-23-45(60(5,6)7)25-54(58(52)69)62-29-37-15-38(30-62)17-39(16-37)31-62)50(21-43)56-27-47(64(65,66)67)28-57(68-56)51-22-44(36(3)4)12-14-49(51)53-24-46(61(8,9)10)26-55(59(53)70)63-32-40-18-41(33-63)20-42(19-40)34-63;;;/h11-14,21-28,35-42,69-70H,15-20,29-34H2,1-10H3;2*1H3;/q;2*-1;. The molecule has 7 heteroatoms. The molecule has 73 heavy (non-hydrogen) atoms. The Balaban J connectivity index is 0.00000237. The van der Waals surface area contributed by atoms with Crippen LogP contribution in [0, 0.1) is 50.4 Å². The maximum Gasteiger partial charge on any atom is 0.416 e. The molecule has 13 rings (SSSR count). The minimum absolute atomic E-state index is 0. The molecular formula is C66H82F3HfNO2-2. The van der Waals surface area contributed by atoms with E-state index in [1.165, 1.54) is 50.7 Å². The van der Waals surface area contributed by atoms with Gasteiger partial charge in [-0.1, -0.05) is 106 Å². The second-order valence-electron chi connectivity index (χ2n) is 26.8. The van der Waals surface area contributed by atoms with Crippen molar-refractivity contribution in [1.82, 2.24) is 4.98 Å². The van der Waals surface area contributed by atoms with E-state index < -0.39 is 11.7 Å². The molecule has 1 heterocycles. The number of hydrogen-bond acceptors (Lipinski definition) is 3. The molecule has 0 spiro atoms. The Morgan fingerprint density at radius 2 is 0.767 bits per heavy atom. The summed E-state index contributed by atoms with van der Waals surface area (Å²) in [5, 5.41) is 25.7. The first-order valence-corrected chi connectivity index (χ1v) is 27.0. The Kier molecular flexibility index (Phi) is 14.7. The Labute approximate surface area is 455 Å². The van der Waals surface area contributed by atoms with Gasteiger partial charge in [0.15, 0.2) is 0 Å². The zero-order valence-electron chi connectivity index (χ0n) is 46.0. The molecule has 8 aliphatic rings. The predicted molar refractivity (Wildman–Crippen MR) is 292 cm³/mol. The van der Waals surface area contributed by atoms with Crippen molar-refractivity contribution in [3.8, 4) is 56.3 Å². The van der Waals surface area contributed by atoms with Crippen LogP contribution in [-0.2, 0) is 53.7 Å². The molecule has 0 unspecified atom stereocenters. The van der Waals surface area contributed by atoms with Crippen molar-refractivity contribution >= 4 is 0 Å². The summed E-state index contributed by atoms with van der Waals surface area (Å²) in [6, 6.07) is 23.4. The van der Waals surface area contributed by atoms with Crippen molar-refractivity contribution in [3.63, 3.8) is 0 Å². The summed E-state index contributed by atoms with van der Waals surface area (Å²) in [4.78, 5) is 5.35. The first kappa shape index (κ1) is 55.5. The molecule has 3 nitrogen and oxygen atoms in total. The van der Waals surface area contributed by atoms with Crippen molar-refractivity contribution < 1.29 is 49.2 Å². The van der Waals surface area contributed by atoms with Crippen LogP contribution in [-0.4, -0.2) is 15.2 Å². The van der Waals surface area contributed by atoms with E-state index in [1.54, 1.807) is 0 Å². The minimum Gasteiger partial charge on any atom is -0.507 e. The van der Waals surface area contributed by atoms with Crippen LogP contribution >= 0.6 is 0 Å². The number of benzene rings is 4. The van der Waals surface area contributed by atoms with Gasteiger partial charge in [0, 0.05) is 59.2 Å².